The van der Waals surface area contributed by atoms with E-state index in [9.17, 15) is 28.0 Å². The molecule has 2 heterocycles. The molecule has 11 nitrogen and oxygen atoms in total. The molecule has 0 saturated carbocycles. The van der Waals surface area contributed by atoms with Crippen LogP contribution in [0, 0.1) is 23.5 Å². The van der Waals surface area contributed by atoms with Crippen LogP contribution in [0.25, 0.3) is 0 Å². The van der Waals surface area contributed by atoms with Crippen molar-refractivity contribution < 1.29 is 52.0 Å². The number of esters is 2. The molecule has 2 aliphatic heterocycles. The second kappa shape index (κ2) is 27.5. The number of hydrogen-bond donors (Lipinski definition) is 3. The zero-order valence-electron chi connectivity index (χ0n) is 37.8. The number of carboxylic acids is 1. The minimum absolute atomic E-state index is 0.0926. The average Bonchev–Trinajstić information content (AvgIpc) is 3.24. The van der Waals surface area contributed by atoms with Crippen molar-refractivity contribution in [3.8, 4) is 0 Å². The Bertz CT molecular complexity index is 1930. The lowest BCUT2D eigenvalue weighted by Crippen LogP contribution is -2.50. The van der Waals surface area contributed by atoms with E-state index in [1.807, 2.05) is 26.0 Å². The standard InChI is InChI=1S/C25H32FNO4.C13H23NO.C12H11FO4/c1-6-16(2)7-13-23-17(3)15-22(19(5)31-23)27-24(28)14-8-18(4)30-25(29)20-9-11-21(26)12-10-20;1-5-9(2)6-7-13-10(3)8-12(14)11(4)15-13;1-8(2-7-11(14)15)17-12(16)9-3-5-10(13)6-4-9/h6-12,14,17-19,22-23H,1,13,15H2,2-5H3,(H,27,28);5-6,10-13H,1,7-8,14H2,2-4H3;2-8H,1H3,(H,14,15)/b14-8-,16-7+;9-6+;7-2-/t17-,18?,19+,22+,23-;10-,11+,12+,13-;/m00./s1. The maximum Gasteiger partial charge on any atom is 0.338 e. The third-order valence-electron chi connectivity index (χ3n) is 10.6. The summed E-state index contributed by atoms with van der Waals surface area (Å²) in [6.45, 7) is 23.1. The summed E-state index contributed by atoms with van der Waals surface area (Å²) >= 11 is 0. The second-order valence-electron chi connectivity index (χ2n) is 16.0. The molecule has 0 spiro atoms. The lowest BCUT2D eigenvalue weighted by molar-refractivity contribution is -0.131. The molecule has 0 aliphatic carbocycles. The van der Waals surface area contributed by atoms with Gasteiger partial charge in [-0.15, -0.1) is 0 Å². The van der Waals surface area contributed by atoms with Gasteiger partial charge < -0.3 is 35.1 Å². The Kier molecular flexibility index (Phi) is 23.4. The number of ether oxygens (including phenoxy) is 4. The highest BCUT2D eigenvalue weighted by Gasteiger charge is 2.34. The molecule has 4 N–H and O–H groups in total. The predicted molar refractivity (Wildman–Crippen MR) is 242 cm³/mol. The summed E-state index contributed by atoms with van der Waals surface area (Å²) in [5.41, 5.74) is 8.76. The quantitative estimate of drug-likeness (QED) is 0.0893. The van der Waals surface area contributed by atoms with Crippen molar-refractivity contribution in [2.75, 3.05) is 0 Å². The van der Waals surface area contributed by atoms with E-state index in [0.29, 0.717) is 17.9 Å². The van der Waals surface area contributed by atoms with Gasteiger partial charge in [-0.1, -0.05) is 62.5 Å². The fourth-order valence-corrected chi connectivity index (χ4v) is 6.45. The molecule has 2 aromatic carbocycles. The minimum Gasteiger partial charge on any atom is -0.478 e. The molecule has 0 radical (unpaired) electrons. The number of benzene rings is 2. The number of nitrogens with one attached hydrogen (secondary N) is 1. The van der Waals surface area contributed by atoms with E-state index in [1.54, 1.807) is 6.92 Å². The van der Waals surface area contributed by atoms with E-state index in [4.69, 9.17) is 29.8 Å². The highest BCUT2D eigenvalue weighted by molar-refractivity contribution is 5.90. The second-order valence-corrected chi connectivity index (χ2v) is 16.0. The van der Waals surface area contributed by atoms with Crippen LogP contribution in [0.3, 0.4) is 0 Å². The van der Waals surface area contributed by atoms with E-state index in [2.05, 4.69) is 58.3 Å². The van der Waals surface area contributed by atoms with E-state index in [0.717, 1.165) is 49.5 Å². The number of aliphatic carboxylic acids is 1. The van der Waals surface area contributed by atoms with Gasteiger partial charge in [0.25, 0.3) is 0 Å². The van der Waals surface area contributed by atoms with Crippen molar-refractivity contribution >= 4 is 23.8 Å². The van der Waals surface area contributed by atoms with E-state index in [-0.39, 0.29) is 47.4 Å². The first kappa shape index (κ1) is 53.6. The molecule has 0 aromatic heterocycles. The summed E-state index contributed by atoms with van der Waals surface area (Å²) in [4.78, 5) is 46.1. The van der Waals surface area contributed by atoms with Crippen LogP contribution in [-0.2, 0) is 28.5 Å². The van der Waals surface area contributed by atoms with Gasteiger partial charge in [0.2, 0.25) is 5.91 Å². The zero-order chi connectivity index (χ0) is 47.2. The Labute approximate surface area is 371 Å². The molecule has 0 bridgehead atoms. The van der Waals surface area contributed by atoms with Crippen LogP contribution in [0.1, 0.15) is 102 Å². The molecule has 10 atom stereocenters. The number of carbonyl (C=O) groups excluding carboxylic acids is 3. The largest absolute Gasteiger partial charge is 0.478 e. The van der Waals surface area contributed by atoms with Crippen molar-refractivity contribution in [3.63, 3.8) is 0 Å². The molecule has 2 fully saturated rings. The number of rotatable bonds is 15. The van der Waals surface area contributed by atoms with Crippen LogP contribution < -0.4 is 11.1 Å². The third-order valence-corrected chi connectivity index (χ3v) is 10.6. The molecule has 2 saturated heterocycles. The molecule has 344 valence electrons. The normalized spacial score (nSPS) is 24.7. The Hall–Kier alpha value is -5.50. The smallest absolute Gasteiger partial charge is 0.338 e. The minimum atomic E-state index is -1.12. The molecule has 13 heteroatoms. The Morgan fingerprint density at radius 1 is 0.746 bits per heavy atom. The lowest BCUT2D eigenvalue weighted by Gasteiger charge is -2.39. The zero-order valence-corrected chi connectivity index (χ0v) is 37.8. The highest BCUT2D eigenvalue weighted by atomic mass is 19.1. The van der Waals surface area contributed by atoms with Crippen molar-refractivity contribution in [2.24, 2.45) is 17.6 Å². The first-order valence-corrected chi connectivity index (χ1v) is 21.2. The summed E-state index contributed by atoms with van der Waals surface area (Å²) in [5.74, 6) is -2.61. The van der Waals surface area contributed by atoms with Gasteiger partial charge in [0, 0.05) is 18.2 Å². The first-order valence-electron chi connectivity index (χ1n) is 21.2. The van der Waals surface area contributed by atoms with Crippen LogP contribution in [0.15, 0.2) is 121 Å². The number of carbonyl (C=O) groups is 4. The predicted octanol–water partition coefficient (Wildman–Crippen LogP) is 9.41. The molecule has 2 unspecified atom stereocenters. The van der Waals surface area contributed by atoms with Crippen molar-refractivity contribution in [2.45, 2.75) is 130 Å². The summed E-state index contributed by atoms with van der Waals surface area (Å²) in [6.07, 6.45) is 15.9. The SMILES string of the molecule is C=C/C(C)=C/C[C@@H]1O[C@H](C)[C@H](N)C[C@@H]1C.C=C/C(C)=C/C[C@@H]1O[C@H](C)[C@H](NC(=O)/C=C\C(C)OC(=O)c2ccc(F)cc2)C[C@@H]1C.CC(/C=C\C(=O)O)OC(=O)c1ccc(F)cc1. The Morgan fingerprint density at radius 3 is 1.59 bits per heavy atom. The van der Waals surface area contributed by atoms with Gasteiger partial charge in [-0.2, -0.15) is 0 Å². The maximum atomic E-state index is 13.0. The summed E-state index contributed by atoms with van der Waals surface area (Å²) in [5, 5.41) is 11.4. The molecule has 2 aliphatic rings. The van der Waals surface area contributed by atoms with Crippen molar-refractivity contribution in [1.29, 1.82) is 0 Å². The monoisotopic (exact) mass is 876 g/mol. The lowest BCUT2D eigenvalue weighted by atomic mass is 9.88. The fraction of sp³-hybridized carbons (Fsp3) is 0.440. The van der Waals surface area contributed by atoms with Gasteiger partial charge in [0.05, 0.1) is 41.6 Å². The average molecular weight is 877 g/mol. The molecular weight excluding hydrogens is 811 g/mol. The van der Waals surface area contributed by atoms with Gasteiger partial charge in [-0.05, 0) is 140 Å². The maximum absolute atomic E-state index is 13.0. The van der Waals surface area contributed by atoms with Crippen LogP contribution in [-0.4, -0.2) is 77.6 Å². The van der Waals surface area contributed by atoms with E-state index in [1.165, 1.54) is 67.1 Å². The molecule has 63 heavy (non-hydrogen) atoms. The topological polar surface area (TPSA) is 163 Å². The van der Waals surface area contributed by atoms with Crippen LogP contribution in [0.2, 0.25) is 0 Å². The fourth-order valence-electron chi connectivity index (χ4n) is 6.45. The van der Waals surface area contributed by atoms with Crippen molar-refractivity contribution in [3.05, 3.63) is 144 Å². The van der Waals surface area contributed by atoms with Gasteiger partial charge in [0.1, 0.15) is 23.8 Å². The van der Waals surface area contributed by atoms with Crippen LogP contribution in [0.4, 0.5) is 8.78 Å². The number of carboxylic acid groups (broad SMARTS) is 1. The number of amides is 1. The third kappa shape index (κ3) is 20.5. The summed E-state index contributed by atoms with van der Waals surface area (Å²) in [6, 6.07) is 10.1. The van der Waals surface area contributed by atoms with Gasteiger partial charge in [0.15, 0.2) is 0 Å². The van der Waals surface area contributed by atoms with E-state index >= 15 is 0 Å². The number of halogens is 2. The summed E-state index contributed by atoms with van der Waals surface area (Å²) in [7, 11) is 0. The molecule has 4 rings (SSSR count). The number of nitrogens with two attached hydrogens (primary N) is 1. The van der Waals surface area contributed by atoms with Gasteiger partial charge in [-0.3, -0.25) is 4.79 Å². The molecule has 2 aromatic rings. The van der Waals surface area contributed by atoms with Gasteiger partial charge >= 0.3 is 17.9 Å². The Balaban J connectivity index is 0.000000359. The number of hydrogen-bond acceptors (Lipinski definition) is 9. The van der Waals surface area contributed by atoms with Crippen molar-refractivity contribution in [1.82, 2.24) is 5.32 Å². The van der Waals surface area contributed by atoms with Crippen LogP contribution in [0.5, 0.6) is 0 Å². The highest BCUT2D eigenvalue weighted by Crippen LogP contribution is 2.28. The van der Waals surface area contributed by atoms with E-state index < -0.39 is 41.8 Å². The van der Waals surface area contributed by atoms with Crippen LogP contribution >= 0.6 is 0 Å². The first-order chi connectivity index (χ1) is 29.7. The Morgan fingerprint density at radius 2 is 1.16 bits per heavy atom. The molecule has 1 amide bonds. The summed E-state index contributed by atoms with van der Waals surface area (Å²) < 4.78 is 47.7. The van der Waals surface area contributed by atoms with Gasteiger partial charge in [-0.25, -0.2) is 23.2 Å². The number of allylic oxidation sites excluding steroid dienone is 4. The molecular formula is C50H66F2N2O9.